The van der Waals surface area contributed by atoms with Crippen LogP contribution in [0.4, 0.5) is 0 Å². The molecule has 4 nitrogen and oxygen atoms in total. The van der Waals surface area contributed by atoms with Crippen molar-refractivity contribution < 1.29 is 9.15 Å². The highest BCUT2D eigenvalue weighted by Gasteiger charge is 2.12. The zero-order chi connectivity index (χ0) is 12.4. The van der Waals surface area contributed by atoms with Crippen molar-refractivity contribution in [3.63, 3.8) is 0 Å². The zero-order valence-corrected chi connectivity index (χ0v) is 10.2. The molecule has 0 radical (unpaired) electrons. The quantitative estimate of drug-likeness (QED) is 0.843. The van der Waals surface area contributed by atoms with Gasteiger partial charge >= 0.3 is 5.63 Å². The average Bonchev–Trinajstić information content (AvgIpc) is 2.34. The fraction of sp³-hybridized carbons (Fsp3) is 0.0909. The fourth-order valence-corrected chi connectivity index (χ4v) is 1.68. The van der Waals surface area contributed by atoms with Gasteiger partial charge in [0.1, 0.15) is 5.75 Å². The molecule has 1 heterocycles. The van der Waals surface area contributed by atoms with Crippen LogP contribution in [0.1, 0.15) is 0 Å². The van der Waals surface area contributed by atoms with E-state index in [1.807, 2.05) is 0 Å². The van der Waals surface area contributed by atoms with Crippen molar-refractivity contribution in [3.05, 3.63) is 45.0 Å². The van der Waals surface area contributed by atoms with Crippen LogP contribution in [-0.2, 0) is 0 Å². The van der Waals surface area contributed by atoms with Crippen LogP contribution in [0.3, 0.4) is 0 Å². The van der Waals surface area contributed by atoms with Gasteiger partial charge in [0.25, 0.3) is 0 Å². The van der Waals surface area contributed by atoms with Crippen molar-refractivity contribution in [2.24, 2.45) is 0 Å². The summed E-state index contributed by atoms with van der Waals surface area (Å²) in [5.41, 5.74) is -0.0982. The van der Waals surface area contributed by atoms with E-state index in [0.29, 0.717) is 11.3 Å². The van der Waals surface area contributed by atoms with Crippen LogP contribution in [0.25, 0.3) is 11.3 Å². The van der Waals surface area contributed by atoms with Crippen molar-refractivity contribution in [1.82, 2.24) is 4.98 Å². The lowest BCUT2D eigenvalue weighted by molar-refractivity contribution is 0.415. The molecule has 17 heavy (non-hydrogen) atoms. The summed E-state index contributed by atoms with van der Waals surface area (Å²) < 4.78 is 9.99. The molecule has 0 aliphatic rings. The SMILES string of the molecule is COc1ccc(-c2oc(=O)c(Cl)nc2Cl)cc1. The molecular weight excluding hydrogens is 265 g/mol. The molecule has 0 spiro atoms. The lowest BCUT2D eigenvalue weighted by Gasteiger charge is -2.03. The molecule has 0 atom stereocenters. The molecule has 88 valence electrons. The van der Waals surface area contributed by atoms with E-state index in [0.717, 1.165) is 0 Å². The van der Waals surface area contributed by atoms with Gasteiger partial charge in [-0.15, -0.1) is 0 Å². The largest absolute Gasteiger partial charge is 0.497 e. The normalized spacial score (nSPS) is 10.3. The van der Waals surface area contributed by atoms with E-state index in [9.17, 15) is 4.79 Å². The molecule has 6 heteroatoms. The maximum Gasteiger partial charge on any atom is 0.374 e. The van der Waals surface area contributed by atoms with E-state index < -0.39 is 5.63 Å². The van der Waals surface area contributed by atoms with Gasteiger partial charge in [-0.2, -0.15) is 0 Å². The Labute approximate surface area is 107 Å². The number of nitrogens with zero attached hydrogens (tertiary/aromatic N) is 1. The zero-order valence-electron chi connectivity index (χ0n) is 8.74. The molecule has 1 aromatic carbocycles. The minimum absolute atomic E-state index is 0.0415. The van der Waals surface area contributed by atoms with Crippen LogP contribution in [-0.4, -0.2) is 12.1 Å². The Hall–Kier alpha value is -1.52. The third-order valence-electron chi connectivity index (χ3n) is 2.10. The van der Waals surface area contributed by atoms with E-state index in [1.54, 1.807) is 31.4 Å². The second-order valence-electron chi connectivity index (χ2n) is 3.14. The molecule has 0 N–H and O–H groups in total. The van der Waals surface area contributed by atoms with E-state index in [4.69, 9.17) is 32.4 Å². The van der Waals surface area contributed by atoms with Crippen molar-refractivity contribution in [2.45, 2.75) is 0 Å². The van der Waals surface area contributed by atoms with Crippen molar-refractivity contribution in [3.8, 4) is 17.1 Å². The number of ether oxygens (including phenoxy) is 1. The standard InChI is InChI=1S/C11H7Cl2NO3/c1-16-7-4-2-6(3-5-7)8-9(12)14-10(13)11(15)17-8/h2-5H,1H3. The highest BCUT2D eigenvalue weighted by atomic mass is 35.5. The summed E-state index contributed by atoms with van der Waals surface area (Å²) >= 11 is 11.3. The minimum atomic E-state index is -0.720. The summed E-state index contributed by atoms with van der Waals surface area (Å²) in [6, 6.07) is 6.86. The van der Waals surface area contributed by atoms with Crippen molar-refractivity contribution in [2.75, 3.05) is 7.11 Å². The van der Waals surface area contributed by atoms with Crippen LogP contribution in [0, 0.1) is 0 Å². The van der Waals surface area contributed by atoms with Gasteiger partial charge in [0.2, 0.25) is 5.15 Å². The van der Waals surface area contributed by atoms with Crippen molar-refractivity contribution in [1.29, 1.82) is 0 Å². The molecule has 0 saturated carbocycles. The molecule has 1 aromatic heterocycles. The summed E-state index contributed by atoms with van der Waals surface area (Å²) in [5.74, 6) is 0.873. The van der Waals surface area contributed by atoms with E-state index in [2.05, 4.69) is 4.98 Å². The highest BCUT2D eigenvalue weighted by molar-refractivity contribution is 6.33. The van der Waals surface area contributed by atoms with Gasteiger partial charge in [0.15, 0.2) is 10.9 Å². The number of methoxy groups -OCH3 is 1. The second-order valence-corrected chi connectivity index (χ2v) is 3.86. The van der Waals surface area contributed by atoms with Crippen LogP contribution in [0.5, 0.6) is 5.75 Å². The first-order valence-corrected chi connectivity index (χ1v) is 5.38. The highest BCUT2D eigenvalue weighted by Crippen LogP contribution is 2.27. The van der Waals surface area contributed by atoms with Gasteiger partial charge in [-0.25, -0.2) is 9.78 Å². The summed E-state index contributed by atoms with van der Waals surface area (Å²) in [7, 11) is 1.56. The molecule has 0 bridgehead atoms. The first-order chi connectivity index (χ1) is 8.11. The van der Waals surface area contributed by atoms with Crippen LogP contribution in [0.15, 0.2) is 33.5 Å². The third kappa shape index (κ3) is 2.43. The summed E-state index contributed by atoms with van der Waals surface area (Å²) in [5, 5.41) is -0.243. The maximum atomic E-state index is 11.2. The first-order valence-electron chi connectivity index (χ1n) is 4.62. The molecule has 0 aliphatic carbocycles. The second kappa shape index (κ2) is 4.77. The summed E-state index contributed by atoms with van der Waals surface area (Å²) in [4.78, 5) is 14.9. The fourth-order valence-electron chi connectivity index (χ4n) is 1.28. The monoisotopic (exact) mass is 271 g/mol. The van der Waals surface area contributed by atoms with E-state index in [1.165, 1.54) is 0 Å². The van der Waals surface area contributed by atoms with Crippen LogP contribution < -0.4 is 10.4 Å². The van der Waals surface area contributed by atoms with Gasteiger partial charge in [-0.1, -0.05) is 23.2 Å². The maximum absolute atomic E-state index is 11.2. The van der Waals surface area contributed by atoms with Gasteiger partial charge in [0.05, 0.1) is 7.11 Å². The minimum Gasteiger partial charge on any atom is -0.497 e. The van der Waals surface area contributed by atoms with Gasteiger partial charge in [0, 0.05) is 5.56 Å². The van der Waals surface area contributed by atoms with E-state index in [-0.39, 0.29) is 16.1 Å². The Kier molecular flexibility index (Phi) is 3.36. The predicted molar refractivity (Wildman–Crippen MR) is 64.8 cm³/mol. The number of halogens is 2. The molecular formula is C11H7Cl2NO3. The topological polar surface area (TPSA) is 52.3 Å². The number of hydrogen-bond donors (Lipinski definition) is 0. The first kappa shape index (κ1) is 12.0. The molecule has 0 fully saturated rings. The Balaban J connectivity index is 2.52. The Morgan fingerprint density at radius 2 is 1.82 bits per heavy atom. The predicted octanol–water partition coefficient (Wildman–Crippen LogP) is 3.02. The third-order valence-corrected chi connectivity index (χ3v) is 2.59. The number of aromatic nitrogens is 1. The number of benzene rings is 1. The number of hydrogen-bond acceptors (Lipinski definition) is 4. The Morgan fingerprint density at radius 3 is 2.41 bits per heavy atom. The summed E-state index contributed by atoms with van der Waals surface area (Å²) in [6.45, 7) is 0. The molecule has 0 amide bonds. The van der Waals surface area contributed by atoms with Gasteiger partial charge in [-0.05, 0) is 24.3 Å². The lowest BCUT2D eigenvalue weighted by atomic mass is 10.2. The molecule has 0 saturated heterocycles. The molecule has 0 unspecified atom stereocenters. The van der Waals surface area contributed by atoms with Crippen LogP contribution >= 0.6 is 23.2 Å². The molecule has 0 aliphatic heterocycles. The lowest BCUT2D eigenvalue weighted by Crippen LogP contribution is -2.03. The smallest absolute Gasteiger partial charge is 0.374 e. The van der Waals surface area contributed by atoms with Gasteiger partial charge < -0.3 is 9.15 Å². The van der Waals surface area contributed by atoms with Gasteiger partial charge in [-0.3, -0.25) is 0 Å². The van der Waals surface area contributed by atoms with E-state index >= 15 is 0 Å². The van der Waals surface area contributed by atoms with Crippen molar-refractivity contribution >= 4 is 23.2 Å². The Morgan fingerprint density at radius 1 is 1.18 bits per heavy atom. The summed E-state index contributed by atoms with van der Waals surface area (Å²) in [6.07, 6.45) is 0. The Bertz CT molecular complexity index is 593. The molecule has 2 aromatic rings. The van der Waals surface area contributed by atoms with Crippen LogP contribution in [0.2, 0.25) is 10.3 Å². The average molecular weight is 272 g/mol. The number of rotatable bonds is 2. The molecule has 2 rings (SSSR count).